The number of anilines is 1. The summed E-state index contributed by atoms with van der Waals surface area (Å²) < 4.78 is 11.1. The van der Waals surface area contributed by atoms with Gasteiger partial charge in [0.1, 0.15) is 22.2 Å². The van der Waals surface area contributed by atoms with Crippen molar-refractivity contribution in [2.75, 3.05) is 31.6 Å². The Morgan fingerprint density at radius 3 is 2.58 bits per heavy atom. The highest BCUT2D eigenvalue weighted by atomic mass is 35.5. The number of amides is 1. The third-order valence-electron chi connectivity index (χ3n) is 4.94. The van der Waals surface area contributed by atoms with E-state index in [0.29, 0.717) is 28.0 Å². The summed E-state index contributed by atoms with van der Waals surface area (Å²) in [5.41, 5.74) is 2.68. The number of aromatic nitrogens is 1. The molecule has 1 N–H and O–H groups in total. The summed E-state index contributed by atoms with van der Waals surface area (Å²) in [4.78, 5) is 20.2. The van der Waals surface area contributed by atoms with Crippen LogP contribution in [0.25, 0.3) is 0 Å². The largest absolute Gasteiger partial charge is 0.486 e. The van der Waals surface area contributed by atoms with Crippen LogP contribution in [0.3, 0.4) is 0 Å². The van der Waals surface area contributed by atoms with Crippen molar-refractivity contribution in [3.05, 3.63) is 74.7 Å². The van der Waals surface area contributed by atoms with Crippen LogP contribution in [0.4, 0.5) is 5.69 Å². The van der Waals surface area contributed by atoms with Gasteiger partial charge in [0.15, 0.2) is 0 Å². The van der Waals surface area contributed by atoms with Crippen LogP contribution in [-0.4, -0.2) is 42.1 Å². The molecule has 2 aromatic carbocycles. The molecule has 1 fully saturated rings. The summed E-state index contributed by atoms with van der Waals surface area (Å²) in [6.45, 7) is 6.51. The van der Waals surface area contributed by atoms with Crippen molar-refractivity contribution in [1.82, 2.24) is 9.88 Å². The predicted molar refractivity (Wildman–Crippen MR) is 123 cm³/mol. The zero-order valence-corrected chi connectivity index (χ0v) is 18.8. The van der Waals surface area contributed by atoms with Crippen molar-refractivity contribution in [3.63, 3.8) is 0 Å². The van der Waals surface area contributed by atoms with E-state index in [0.717, 1.165) is 43.5 Å². The van der Waals surface area contributed by atoms with Crippen molar-refractivity contribution in [1.29, 1.82) is 0 Å². The summed E-state index contributed by atoms with van der Waals surface area (Å²) in [6.07, 6.45) is 0. The lowest BCUT2D eigenvalue weighted by Crippen LogP contribution is -2.35. The maximum atomic E-state index is 12.7. The molecule has 2 heterocycles. The molecule has 1 amide bonds. The first-order chi connectivity index (χ1) is 15.1. The molecule has 8 heteroatoms. The molecule has 1 aliphatic heterocycles. The Hall–Kier alpha value is -2.45. The van der Waals surface area contributed by atoms with Crippen LogP contribution >= 0.6 is 22.9 Å². The number of hydrogen-bond acceptors (Lipinski definition) is 6. The number of carbonyl (C=O) groups excluding carboxylic acids is 1. The molecule has 6 nitrogen and oxygen atoms in total. The number of rotatable bonds is 7. The first-order valence-corrected chi connectivity index (χ1v) is 11.3. The lowest BCUT2D eigenvalue weighted by Gasteiger charge is -2.26. The second-order valence-corrected chi connectivity index (χ2v) is 8.82. The van der Waals surface area contributed by atoms with Gasteiger partial charge in [-0.25, -0.2) is 4.98 Å². The van der Waals surface area contributed by atoms with E-state index in [1.165, 1.54) is 16.9 Å². The zero-order chi connectivity index (χ0) is 21.6. The minimum atomic E-state index is -0.159. The Morgan fingerprint density at radius 1 is 1.16 bits per heavy atom. The Bertz CT molecular complexity index is 1020. The standard InChI is InChI=1S/C23H24ClN3O3S/c1-16-22(31-21(25-16)15-30-20-8-4-18(24)5-9-20)23(28)26-19-6-2-17(3-7-19)14-27-10-12-29-13-11-27/h2-9H,10-15H2,1H3,(H,26,28). The number of benzene rings is 2. The van der Waals surface area contributed by atoms with Crippen LogP contribution < -0.4 is 10.1 Å². The number of nitrogens with one attached hydrogen (secondary N) is 1. The molecule has 0 radical (unpaired) electrons. The second-order valence-electron chi connectivity index (χ2n) is 7.30. The molecule has 0 bridgehead atoms. The van der Waals surface area contributed by atoms with Crippen molar-refractivity contribution in [2.45, 2.75) is 20.1 Å². The van der Waals surface area contributed by atoms with E-state index in [-0.39, 0.29) is 5.91 Å². The summed E-state index contributed by atoms with van der Waals surface area (Å²) in [5, 5.41) is 4.37. The number of aryl methyl sites for hydroxylation is 1. The highest BCUT2D eigenvalue weighted by Crippen LogP contribution is 2.23. The number of carbonyl (C=O) groups is 1. The van der Waals surface area contributed by atoms with E-state index in [2.05, 4.69) is 27.3 Å². The van der Waals surface area contributed by atoms with Gasteiger partial charge in [0.25, 0.3) is 5.91 Å². The van der Waals surface area contributed by atoms with E-state index >= 15 is 0 Å². The average Bonchev–Trinajstić information content (AvgIpc) is 3.16. The summed E-state index contributed by atoms with van der Waals surface area (Å²) >= 11 is 7.23. The van der Waals surface area contributed by atoms with Gasteiger partial charge in [-0.1, -0.05) is 23.7 Å². The van der Waals surface area contributed by atoms with Crippen molar-refractivity contribution < 1.29 is 14.3 Å². The molecule has 3 aromatic rings. The molecule has 31 heavy (non-hydrogen) atoms. The normalized spacial score (nSPS) is 14.4. The predicted octanol–water partition coefficient (Wildman–Crippen LogP) is 4.77. The molecule has 0 unspecified atom stereocenters. The van der Waals surface area contributed by atoms with Crippen LogP contribution in [0, 0.1) is 6.92 Å². The van der Waals surface area contributed by atoms with Gasteiger partial charge >= 0.3 is 0 Å². The highest BCUT2D eigenvalue weighted by molar-refractivity contribution is 7.13. The zero-order valence-electron chi connectivity index (χ0n) is 17.3. The minimum absolute atomic E-state index is 0.159. The molecule has 1 aliphatic rings. The molecular weight excluding hydrogens is 434 g/mol. The van der Waals surface area contributed by atoms with Crippen LogP contribution in [0.15, 0.2) is 48.5 Å². The van der Waals surface area contributed by atoms with Crippen LogP contribution in [0.5, 0.6) is 5.75 Å². The van der Waals surface area contributed by atoms with Gasteiger partial charge in [-0.2, -0.15) is 0 Å². The van der Waals surface area contributed by atoms with Gasteiger partial charge < -0.3 is 14.8 Å². The number of ether oxygens (including phenoxy) is 2. The Labute approximate surface area is 190 Å². The molecule has 1 aromatic heterocycles. The quantitative estimate of drug-likeness (QED) is 0.553. The summed E-state index contributed by atoms with van der Waals surface area (Å²) in [7, 11) is 0. The first-order valence-electron chi connectivity index (χ1n) is 10.1. The van der Waals surface area contributed by atoms with Crippen LogP contribution in [0.2, 0.25) is 5.02 Å². The maximum Gasteiger partial charge on any atom is 0.267 e. The molecule has 0 spiro atoms. The average molecular weight is 458 g/mol. The Kier molecular flexibility index (Phi) is 7.19. The van der Waals surface area contributed by atoms with Crippen LogP contribution in [0.1, 0.15) is 25.9 Å². The van der Waals surface area contributed by atoms with Gasteiger partial charge in [-0.05, 0) is 48.9 Å². The molecule has 1 saturated heterocycles. The summed E-state index contributed by atoms with van der Waals surface area (Å²) in [6, 6.07) is 15.1. The van der Waals surface area contributed by atoms with E-state index < -0.39 is 0 Å². The van der Waals surface area contributed by atoms with Gasteiger partial charge in [-0.3, -0.25) is 9.69 Å². The van der Waals surface area contributed by atoms with Gasteiger partial charge in [0, 0.05) is 30.3 Å². The molecule has 0 aliphatic carbocycles. The smallest absolute Gasteiger partial charge is 0.267 e. The van der Waals surface area contributed by atoms with E-state index in [1.54, 1.807) is 24.3 Å². The monoisotopic (exact) mass is 457 g/mol. The summed E-state index contributed by atoms with van der Waals surface area (Å²) in [5.74, 6) is 0.550. The van der Waals surface area contributed by atoms with Crippen molar-refractivity contribution in [2.24, 2.45) is 0 Å². The van der Waals surface area contributed by atoms with E-state index in [9.17, 15) is 4.79 Å². The number of hydrogen-bond donors (Lipinski definition) is 1. The molecular formula is C23H24ClN3O3S. The number of morpholine rings is 1. The molecule has 0 atom stereocenters. The molecule has 4 rings (SSSR count). The first kappa shape index (κ1) is 21.8. The fraction of sp³-hybridized carbons (Fsp3) is 0.304. The maximum absolute atomic E-state index is 12.7. The number of thiazole rings is 1. The van der Waals surface area contributed by atoms with Gasteiger partial charge in [-0.15, -0.1) is 11.3 Å². The SMILES string of the molecule is Cc1nc(COc2ccc(Cl)cc2)sc1C(=O)Nc1ccc(CN2CCOCC2)cc1. The van der Waals surface area contributed by atoms with Crippen molar-refractivity contribution >= 4 is 34.5 Å². The van der Waals surface area contributed by atoms with E-state index in [4.69, 9.17) is 21.1 Å². The molecule has 0 saturated carbocycles. The topological polar surface area (TPSA) is 63.7 Å². The second kappa shape index (κ2) is 10.2. The van der Waals surface area contributed by atoms with Crippen molar-refractivity contribution in [3.8, 4) is 5.75 Å². The number of halogens is 1. The van der Waals surface area contributed by atoms with Crippen LogP contribution in [-0.2, 0) is 17.9 Å². The molecule has 162 valence electrons. The highest BCUT2D eigenvalue weighted by Gasteiger charge is 2.16. The number of nitrogens with zero attached hydrogens (tertiary/aromatic N) is 2. The van der Waals surface area contributed by atoms with E-state index in [1.807, 2.05) is 19.1 Å². The fourth-order valence-electron chi connectivity index (χ4n) is 3.30. The third-order valence-corrected chi connectivity index (χ3v) is 6.33. The minimum Gasteiger partial charge on any atom is -0.486 e. The Morgan fingerprint density at radius 2 is 1.87 bits per heavy atom. The Balaban J connectivity index is 1.33. The fourth-order valence-corrected chi connectivity index (χ4v) is 4.30. The van der Waals surface area contributed by atoms with Gasteiger partial charge in [0.05, 0.1) is 18.9 Å². The van der Waals surface area contributed by atoms with Gasteiger partial charge in [0.2, 0.25) is 0 Å². The lowest BCUT2D eigenvalue weighted by atomic mass is 10.2. The third kappa shape index (κ3) is 6.04. The lowest BCUT2D eigenvalue weighted by molar-refractivity contribution is 0.0342.